The fraction of sp³-hybridized carbons (Fsp3) is 0.407. The van der Waals surface area contributed by atoms with E-state index in [1.54, 1.807) is 6.07 Å². The molecule has 0 bridgehead atoms. The number of likely N-dealkylation sites (N-methyl/N-ethyl adjacent to an activating group) is 1. The van der Waals surface area contributed by atoms with Crippen molar-refractivity contribution in [3.8, 4) is 5.75 Å². The maximum absolute atomic E-state index is 13.4. The molecule has 1 fully saturated rings. The molecule has 5 rings (SSSR count). The fourth-order valence-electron chi connectivity index (χ4n) is 5.12. The molecule has 39 heavy (non-hydrogen) atoms. The van der Waals surface area contributed by atoms with E-state index < -0.39 is 23.4 Å². The number of amides is 2. The van der Waals surface area contributed by atoms with Crippen LogP contribution in [0.4, 0.5) is 5.95 Å². The molecule has 12 heteroatoms. The lowest BCUT2D eigenvalue weighted by Crippen LogP contribution is -2.59. The number of ether oxygens (including phenoxy) is 1. The van der Waals surface area contributed by atoms with Crippen LogP contribution in [0.3, 0.4) is 0 Å². The van der Waals surface area contributed by atoms with Crippen LogP contribution in [0.15, 0.2) is 45.9 Å². The number of carbonyl (C=O) groups excluding carboxylic acids is 2. The number of benzene rings is 2. The van der Waals surface area contributed by atoms with Gasteiger partial charge in [-0.25, -0.2) is 4.98 Å². The van der Waals surface area contributed by atoms with Crippen molar-refractivity contribution in [2.45, 2.75) is 24.9 Å². The molecule has 0 aliphatic carbocycles. The summed E-state index contributed by atoms with van der Waals surface area (Å²) >= 11 is 3.44. The number of primary amides is 1. The molecule has 2 atom stereocenters. The lowest BCUT2D eigenvalue weighted by Gasteiger charge is -2.32. The standard InChI is InChI=1S/C27H33BrN8O3/c1-17-4-5-18(28)14-20(17)27(25(29)38)23(30-16-31-27)24(37)34-26-32-21-7-6-19(15-22(21)33-26)39-13-3-8-36-11-9-35(2)10-12-36/h4-7,14-16,23H,3,8-13H2,1-2H3,(H2,29,38)(H,30,31)(H2,32,33,34,37). The van der Waals surface area contributed by atoms with Gasteiger partial charge in [-0.2, -0.15) is 0 Å². The second-order valence-electron chi connectivity index (χ2n) is 10.1. The number of nitrogens with two attached hydrogens (primary N) is 1. The molecule has 1 aromatic heterocycles. The van der Waals surface area contributed by atoms with Gasteiger partial charge in [-0.3, -0.25) is 19.9 Å². The molecule has 2 amide bonds. The summed E-state index contributed by atoms with van der Waals surface area (Å²) in [5, 5.41) is 5.72. The minimum atomic E-state index is -1.53. The molecule has 2 unspecified atom stereocenters. The predicted molar refractivity (Wildman–Crippen MR) is 154 cm³/mol. The zero-order valence-corrected chi connectivity index (χ0v) is 23.6. The molecule has 206 valence electrons. The lowest BCUT2D eigenvalue weighted by atomic mass is 9.80. The van der Waals surface area contributed by atoms with Crippen molar-refractivity contribution >= 4 is 51.1 Å². The van der Waals surface area contributed by atoms with E-state index >= 15 is 0 Å². The van der Waals surface area contributed by atoms with E-state index in [9.17, 15) is 9.59 Å². The third-order valence-electron chi connectivity index (χ3n) is 7.37. The van der Waals surface area contributed by atoms with Crippen molar-refractivity contribution in [3.63, 3.8) is 0 Å². The Morgan fingerprint density at radius 1 is 1.21 bits per heavy atom. The van der Waals surface area contributed by atoms with Gasteiger partial charge in [0.2, 0.25) is 5.95 Å². The van der Waals surface area contributed by atoms with Gasteiger partial charge in [-0.15, -0.1) is 0 Å². The summed E-state index contributed by atoms with van der Waals surface area (Å²) in [5.74, 6) is -0.257. The Hall–Kier alpha value is -3.48. The molecule has 2 aliphatic rings. The van der Waals surface area contributed by atoms with E-state index in [1.165, 1.54) is 6.34 Å². The number of nitrogens with one attached hydrogen (secondary N) is 3. The Morgan fingerprint density at radius 2 is 2.00 bits per heavy atom. The van der Waals surface area contributed by atoms with Crippen molar-refractivity contribution in [2.75, 3.05) is 51.7 Å². The van der Waals surface area contributed by atoms with Gasteiger partial charge in [0.05, 0.1) is 24.0 Å². The quantitative estimate of drug-likeness (QED) is 0.277. The third-order valence-corrected chi connectivity index (χ3v) is 7.86. The highest BCUT2D eigenvalue weighted by molar-refractivity contribution is 9.10. The molecule has 3 aromatic rings. The van der Waals surface area contributed by atoms with Crippen molar-refractivity contribution in [1.82, 2.24) is 25.1 Å². The Labute approximate surface area is 235 Å². The number of hydrogen-bond acceptors (Lipinski definition) is 8. The molecule has 0 radical (unpaired) electrons. The SMILES string of the molecule is Cc1ccc(Br)cc1C1(C(N)=O)NC=NC1C(=O)Nc1nc2ccc(OCCCN3CCN(C)CC3)cc2[nH]1. The highest BCUT2D eigenvalue weighted by Gasteiger charge is 2.53. The van der Waals surface area contributed by atoms with Crippen LogP contribution in [0, 0.1) is 6.92 Å². The second-order valence-corrected chi connectivity index (χ2v) is 11.0. The highest BCUT2D eigenvalue weighted by Crippen LogP contribution is 2.34. The van der Waals surface area contributed by atoms with E-state index in [-0.39, 0.29) is 5.95 Å². The third kappa shape index (κ3) is 5.63. The number of H-pyrrole nitrogens is 1. The van der Waals surface area contributed by atoms with Gasteiger partial charge in [0.1, 0.15) is 5.75 Å². The Morgan fingerprint density at radius 3 is 2.77 bits per heavy atom. The summed E-state index contributed by atoms with van der Waals surface area (Å²) in [5.41, 5.74) is 7.09. The minimum Gasteiger partial charge on any atom is -0.493 e. The number of rotatable bonds is 9. The Kier molecular flexibility index (Phi) is 7.87. The van der Waals surface area contributed by atoms with Crippen LogP contribution >= 0.6 is 15.9 Å². The first-order chi connectivity index (χ1) is 18.8. The van der Waals surface area contributed by atoms with Crippen LogP contribution in [-0.2, 0) is 15.1 Å². The first kappa shape index (κ1) is 27.1. The first-order valence-corrected chi connectivity index (χ1v) is 13.8. The summed E-state index contributed by atoms with van der Waals surface area (Å²) in [6, 6.07) is 9.92. The van der Waals surface area contributed by atoms with Crippen LogP contribution in [0.5, 0.6) is 5.75 Å². The number of carbonyl (C=O) groups is 2. The maximum atomic E-state index is 13.4. The molecule has 2 aliphatic heterocycles. The minimum absolute atomic E-state index is 0.244. The molecule has 2 aromatic carbocycles. The van der Waals surface area contributed by atoms with E-state index in [0.29, 0.717) is 17.7 Å². The lowest BCUT2D eigenvalue weighted by molar-refractivity contribution is -0.129. The molecule has 0 saturated carbocycles. The predicted octanol–water partition coefficient (Wildman–Crippen LogP) is 1.97. The smallest absolute Gasteiger partial charge is 0.254 e. The summed E-state index contributed by atoms with van der Waals surface area (Å²) in [7, 11) is 2.15. The first-order valence-electron chi connectivity index (χ1n) is 13.0. The van der Waals surface area contributed by atoms with Gasteiger partial charge in [-0.05, 0) is 55.8 Å². The zero-order valence-electron chi connectivity index (χ0n) is 22.0. The molecular weight excluding hydrogens is 564 g/mol. The Bertz CT molecular complexity index is 1400. The van der Waals surface area contributed by atoms with Gasteiger partial charge in [0, 0.05) is 43.3 Å². The fourth-order valence-corrected chi connectivity index (χ4v) is 5.48. The van der Waals surface area contributed by atoms with E-state index in [0.717, 1.165) is 60.4 Å². The molecular formula is C27H33BrN8O3. The van der Waals surface area contributed by atoms with E-state index in [2.05, 4.69) is 58.4 Å². The molecule has 5 N–H and O–H groups in total. The monoisotopic (exact) mass is 596 g/mol. The average Bonchev–Trinajstić information content (AvgIpc) is 3.53. The number of hydrogen-bond donors (Lipinski definition) is 4. The number of piperazine rings is 1. The number of fused-ring (bicyclic) bond motifs is 1. The number of aliphatic imine (C=N–C) groups is 1. The number of aromatic amines is 1. The van der Waals surface area contributed by atoms with Crippen LogP contribution in [0.1, 0.15) is 17.5 Å². The van der Waals surface area contributed by atoms with Crippen molar-refractivity contribution in [1.29, 1.82) is 0 Å². The van der Waals surface area contributed by atoms with Crippen LogP contribution in [0.25, 0.3) is 11.0 Å². The van der Waals surface area contributed by atoms with Crippen molar-refractivity contribution in [3.05, 3.63) is 52.0 Å². The average molecular weight is 598 g/mol. The highest BCUT2D eigenvalue weighted by atomic mass is 79.9. The molecule has 0 spiro atoms. The topological polar surface area (TPSA) is 141 Å². The van der Waals surface area contributed by atoms with Crippen LogP contribution in [0.2, 0.25) is 0 Å². The Balaban J connectivity index is 1.25. The van der Waals surface area contributed by atoms with Gasteiger partial charge >= 0.3 is 0 Å². The van der Waals surface area contributed by atoms with E-state index in [4.69, 9.17) is 10.5 Å². The number of nitrogens with zero attached hydrogens (tertiary/aromatic N) is 4. The second kappa shape index (κ2) is 11.3. The van der Waals surface area contributed by atoms with Gasteiger partial charge in [0.25, 0.3) is 11.8 Å². The summed E-state index contributed by atoms with van der Waals surface area (Å²) in [6.07, 6.45) is 2.29. The van der Waals surface area contributed by atoms with Crippen LogP contribution in [-0.4, -0.2) is 90.3 Å². The molecule has 11 nitrogen and oxygen atoms in total. The molecule has 3 heterocycles. The number of aromatic nitrogens is 2. The summed E-state index contributed by atoms with van der Waals surface area (Å²) < 4.78 is 6.72. The van der Waals surface area contributed by atoms with Crippen molar-refractivity contribution in [2.24, 2.45) is 10.7 Å². The number of anilines is 1. The van der Waals surface area contributed by atoms with Gasteiger partial charge in [-0.1, -0.05) is 22.0 Å². The van der Waals surface area contributed by atoms with Gasteiger partial charge < -0.3 is 30.6 Å². The van der Waals surface area contributed by atoms with E-state index in [1.807, 2.05) is 37.3 Å². The van der Waals surface area contributed by atoms with Crippen LogP contribution < -0.4 is 21.1 Å². The zero-order chi connectivity index (χ0) is 27.6. The maximum Gasteiger partial charge on any atom is 0.254 e. The molecule has 1 saturated heterocycles. The summed E-state index contributed by atoms with van der Waals surface area (Å²) in [6.45, 7) is 7.88. The summed E-state index contributed by atoms with van der Waals surface area (Å²) in [4.78, 5) is 42.9. The van der Waals surface area contributed by atoms with Crippen molar-refractivity contribution < 1.29 is 14.3 Å². The normalized spacial score (nSPS) is 21.7. The van der Waals surface area contributed by atoms with Gasteiger partial charge in [0.15, 0.2) is 11.6 Å². The number of halogens is 1. The largest absolute Gasteiger partial charge is 0.493 e. The number of aryl methyl sites for hydroxylation is 1. The number of imidazole rings is 1.